The fourth-order valence-corrected chi connectivity index (χ4v) is 24.0. The molecule has 4 amide bonds. The van der Waals surface area contributed by atoms with Gasteiger partial charge in [0.1, 0.15) is 0 Å². The lowest BCUT2D eigenvalue weighted by molar-refractivity contribution is -0.130. The first kappa shape index (κ1) is 95.3. The number of amides is 4. The van der Waals surface area contributed by atoms with Crippen molar-refractivity contribution in [3.63, 3.8) is 0 Å². The molecule has 35 heteroatoms. The number of nitrogens with zero attached hydrogens (tertiary/aromatic N) is 26. The molecule has 1 aliphatic carbocycles. The maximum absolute atomic E-state index is 12.3. The molecule has 5 fully saturated rings. The van der Waals surface area contributed by atoms with Gasteiger partial charge in [-0.25, -0.2) is 0 Å². The highest BCUT2D eigenvalue weighted by molar-refractivity contribution is 5.84. The number of nitriles is 2. The van der Waals surface area contributed by atoms with Crippen LogP contribution in [0.2, 0.25) is 0 Å². The number of fused-ring (bicyclic) bond motifs is 8. The third-order valence-electron chi connectivity index (χ3n) is 31.8. The first-order chi connectivity index (χ1) is 69.9. The minimum Gasteiger partial charge on any atom is -0.381 e. The Kier molecular flexibility index (Phi) is 26.4. The van der Waals surface area contributed by atoms with Crippen molar-refractivity contribution in [2.45, 2.75) is 213 Å². The number of carbonyl (C=O) groups is 4. The van der Waals surface area contributed by atoms with E-state index >= 15 is 0 Å². The molecule has 0 spiro atoms. The van der Waals surface area contributed by atoms with Crippen LogP contribution in [0.15, 0.2) is 110 Å². The van der Waals surface area contributed by atoms with Gasteiger partial charge in [-0.1, -0.05) is 19.1 Å². The Hall–Kier alpha value is -13.6. The molecule has 35 nitrogen and oxygen atoms in total. The Morgan fingerprint density at radius 2 is 0.778 bits per heavy atom. The lowest BCUT2D eigenvalue weighted by Gasteiger charge is -2.37. The number of hydrogen-bond donors (Lipinski definition) is 0. The van der Waals surface area contributed by atoms with E-state index in [0.29, 0.717) is 74.9 Å². The zero-order valence-electron chi connectivity index (χ0n) is 84.6. The van der Waals surface area contributed by atoms with Crippen LogP contribution in [0.3, 0.4) is 0 Å². The predicted molar refractivity (Wildman–Crippen MR) is 543 cm³/mol. The Morgan fingerprint density at radius 1 is 0.389 bits per heavy atom. The van der Waals surface area contributed by atoms with Crippen LogP contribution in [0.4, 0.5) is 46.0 Å². The maximum Gasteiger partial charge on any atom is 0.219 e. The molecule has 8 aromatic heterocycles. The molecule has 4 saturated heterocycles. The van der Waals surface area contributed by atoms with E-state index in [1.54, 1.807) is 43.3 Å². The number of benzene rings is 4. The quantitative estimate of drug-likeness (QED) is 0.0920. The minimum absolute atomic E-state index is 0.0414. The highest BCUT2D eigenvalue weighted by Gasteiger charge is 2.44. The highest BCUT2D eigenvalue weighted by atomic mass is 16.5. The molecule has 2 unspecified atom stereocenters. The molecular weight excluding hydrogens is 1820 g/mol. The molecule has 12 aromatic rings. The van der Waals surface area contributed by atoms with Crippen molar-refractivity contribution in [3.8, 4) is 56.6 Å². The Bertz CT molecular complexity index is 6970. The second-order valence-electron chi connectivity index (χ2n) is 41.7. The molecule has 25 rings (SSSR count). The smallest absolute Gasteiger partial charge is 0.219 e. The van der Waals surface area contributed by atoms with Gasteiger partial charge in [0, 0.05) is 293 Å². The number of carbonyl (C=O) groups excluding carboxylic acids is 4. The SMILES string of the molecule is CC(=O)N1CCc2c(c(N3CC(C4CC4)Cc4cc(-c5cnn(C)c5)ccc43)nn2[C@H]2CCOC2)C1.CC(=O)N1CCc2c(c(N3CC(OC(C)C)Cc4cc(-c5cnn(C)c5)ccc43)nn2[C@H]2CCOC2)C1.CC(=O)N1CCc2c(c(N3CC[C@H](C)c4cc(-c5cnn(C)c5)c(C#N)cc43)nn2[C@H]2CCOC2)C1.CC(=O)N1CCc2c(c(N3CCc4cc(-c5cnn(C)c5)c(C#N)cc43)nn2C2CCOCC2)C1. The summed E-state index contributed by atoms with van der Waals surface area (Å²) in [4.78, 5) is 66.2. The second-order valence-corrected chi connectivity index (χ2v) is 41.7. The summed E-state index contributed by atoms with van der Waals surface area (Å²) >= 11 is 0. The molecule has 144 heavy (non-hydrogen) atoms. The molecule has 6 atom stereocenters. The van der Waals surface area contributed by atoms with Gasteiger partial charge in [-0.3, -0.25) is 56.6 Å². The molecule has 12 aliphatic heterocycles. The van der Waals surface area contributed by atoms with Gasteiger partial charge in [0.25, 0.3) is 0 Å². The van der Waals surface area contributed by atoms with Crippen LogP contribution in [0.1, 0.15) is 208 Å². The molecule has 4 aromatic carbocycles. The van der Waals surface area contributed by atoms with Crippen LogP contribution >= 0.6 is 0 Å². The van der Waals surface area contributed by atoms with E-state index in [-0.39, 0.29) is 54.0 Å². The molecule has 750 valence electrons. The van der Waals surface area contributed by atoms with Gasteiger partial charge in [-0.2, -0.15) is 51.3 Å². The number of hydrogen-bond acceptors (Lipinski definition) is 23. The third-order valence-corrected chi connectivity index (χ3v) is 31.8. The predicted octanol–water partition coefficient (Wildman–Crippen LogP) is 14.3. The molecule has 1 saturated carbocycles. The summed E-state index contributed by atoms with van der Waals surface area (Å²) in [6.45, 7) is 27.6. The minimum atomic E-state index is 0.0414. The van der Waals surface area contributed by atoms with Gasteiger partial charge < -0.3 is 62.9 Å². The van der Waals surface area contributed by atoms with Crippen molar-refractivity contribution in [1.29, 1.82) is 10.5 Å². The molecule has 13 aliphatic rings. The Labute approximate surface area is 839 Å². The second kappa shape index (κ2) is 39.9. The van der Waals surface area contributed by atoms with E-state index in [9.17, 15) is 29.7 Å². The summed E-state index contributed by atoms with van der Waals surface area (Å²) in [6, 6.07) is 27.7. The van der Waals surface area contributed by atoms with Crippen molar-refractivity contribution >= 4 is 69.6 Å². The summed E-state index contributed by atoms with van der Waals surface area (Å²) in [7, 11) is 7.67. The van der Waals surface area contributed by atoms with E-state index in [4.69, 9.17) is 44.1 Å². The average Bonchev–Trinajstić information content (AvgIpc) is 1.59. The van der Waals surface area contributed by atoms with Crippen LogP contribution in [-0.4, -0.2) is 239 Å². The lowest BCUT2D eigenvalue weighted by atomic mass is 9.87. The summed E-state index contributed by atoms with van der Waals surface area (Å²) in [5.74, 6) is 6.04. The fraction of sp³-hybridized carbons (Fsp3) is 0.505. The average molecular weight is 1950 g/mol. The molecular formula is C109H130N26O9. The van der Waals surface area contributed by atoms with Crippen molar-refractivity contribution in [1.82, 2.24) is 97.8 Å². The molecule has 0 radical (unpaired) electrons. The number of ether oxygens (including phenoxy) is 5. The molecule has 0 N–H and O–H groups in total. The monoisotopic (exact) mass is 1950 g/mol. The molecule has 20 heterocycles. The van der Waals surface area contributed by atoms with Gasteiger partial charge in [0.2, 0.25) is 23.6 Å². The number of rotatable bonds is 15. The van der Waals surface area contributed by atoms with Crippen molar-refractivity contribution in [3.05, 3.63) is 189 Å². The maximum atomic E-state index is 12.3. The number of aromatic nitrogens is 16. The topological polar surface area (TPSA) is 330 Å². The van der Waals surface area contributed by atoms with Crippen LogP contribution < -0.4 is 19.6 Å². The number of anilines is 8. The van der Waals surface area contributed by atoms with Gasteiger partial charge in [-0.15, -0.1) is 0 Å². The zero-order valence-corrected chi connectivity index (χ0v) is 84.6. The molecule has 0 bridgehead atoms. The summed E-state index contributed by atoms with van der Waals surface area (Å²) < 4.78 is 45.2. The normalized spacial score (nSPS) is 21.1. The fourth-order valence-electron chi connectivity index (χ4n) is 24.0. The van der Waals surface area contributed by atoms with E-state index < -0.39 is 0 Å². The van der Waals surface area contributed by atoms with Gasteiger partial charge in [0.15, 0.2) is 23.3 Å². The standard InChI is InChI=1S/C28H36N6O3.C28H34N6O2.C27H31N7O2.C26H29N7O2/c1-18(2)37-24-12-21-11-20(22-13-29-31(4)14-22)5-6-26(21)33(15-24)28-25-16-32(19(3)35)9-7-27(25)34(30-28)23-8-10-36-17-23;1-18(35)32-9-7-27-25(16-32)28(30-34(27)24-8-10-36-17-24)33-15-22(19-3-4-19)12-21-11-20(5-6-26(21)33)23-13-29-31(2)14-23;1-17-4-8-33(26-10-19(12-28)23(11-22(17)26)20-13-29-31(3)14-20)27-24-15-32(18(2)35)7-5-25(24)34(30-27)21-6-9-36-16-21;1-17(34)31-7-4-24-23(16-31)26(29-33(24)21-5-9-35-10-6-21)32-8-3-18-11-22(19(13-27)12-25(18)32)20-14-28-30(2)15-20/h5-6,11,13-14,18,23-24H,7-10,12,15-17H2,1-4H3;5-6,11,13-14,19,22,24H,3-4,7-10,12,15-17H2,1-2H3;10-11,13-14,17,21H,4-9,15-16H2,1-3H3;11-12,14-15,21H,3-10,16H2,1-2H3/t23-,24?;22?,24-;17-,21-;/m000./s1. The summed E-state index contributed by atoms with van der Waals surface area (Å²) in [6.07, 6.45) is 30.2. The third kappa shape index (κ3) is 18.6. The van der Waals surface area contributed by atoms with E-state index in [2.05, 4.69) is 146 Å². The van der Waals surface area contributed by atoms with E-state index in [1.165, 1.54) is 74.7 Å². The first-order valence-electron chi connectivity index (χ1n) is 51.8. The van der Waals surface area contributed by atoms with E-state index in [0.717, 1.165) is 271 Å². The van der Waals surface area contributed by atoms with Crippen LogP contribution in [0, 0.1) is 34.5 Å². The van der Waals surface area contributed by atoms with Gasteiger partial charge in [-0.05, 0) is 178 Å². The zero-order chi connectivity index (χ0) is 99.1. The van der Waals surface area contributed by atoms with Crippen LogP contribution in [-0.2, 0) is 142 Å². The highest BCUT2D eigenvalue weighted by Crippen LogP contribution is 2.52. The van der Waals surface area contributed by atoms with Crippen LogP contribution in [0.5, 0.6) is 0 Å². The van der Waals surface area contributed by atoms with Gasteiger partial charge >= 0.3 is 0 Å². The van der Waals surface area contributed by atoms with E-state index in [1.807, 2.05) is 106 Å². The summed E-state index contributed by atoms with van der Waals surface area (Å²) in [5, 5.41) is 58.3. The van der Waals surface area contributed by atoms with Gasteiger partial charge in [0.05, 0.1) is 137 Å². The largest absolute Gasteiger partial charge is 0.381 e. The first-order valence-corrected chi connectivity index (χ1v) is 51.8. The Balaban J connectivity index is 0.000000110. The van der Waals surface area contributed by atoms with Crippen molar-refractivity contribution in [2.75, 3.05) is 125 Å². The van der Waals surface area contributed by atoms with Crippen molar-refractivity contribution < 1.29 is 42.9 Å². The summed E-state index contributed by atoms with van der Waals surface area (Å²) in [5.41, 5.74) is 28.8. The Morgan fingerprint density at radius 3 is 1.18 bits per heavy atom. The van der Waals surface area contributed by atoms with Crippen molar-refractivity contribution in [2.24, 2.45) is 40.0 Å². The lowest BCUT2D eigenvalue weighted by Crippen LogP contribution is -2.40. The number of aryl methyl sites for hydroxylation is 4. The van der Waals surface area contributed by atoms with Crippen LogP contribution in [0.25, 0.3) is 44.5 Å².